The Balaban J connectivity index is 2.14. The summed E-state index contributed by atoms with van der Waals surface area (Å²) in [7, 11) is 0. The highest BCUT2D eigenvalue weighted by Gasteiger charge is 2.26. The minimum absolute atomic E-state index is 0.151. The Labute approximate surface area is 152 Å². The van der Waals surface area contributed by atoms with E-state index in [4.69, 9.17) is 16.3 Å². The van der Waals surface area contributed by atoms with E-state index in [1.165, 1.54) is 5.56 Å². The minimum atomic E-state index is -0.629. The van der Waals surface area contributed by atoms with E-state index in [9.17, 15) is 9.59 Å². The van der Waals surface area contributed by atoms with Crippen molar-refractivity contribution in [2.45, 2.75) is 41.2 Å². The molecule has 0 saturated heterocycles. The third-order valence-electron chi connectivity index (χ3n) is 3.89. The second-order valence-corrected chi connectivity index (χ2v) is 7.50. The van der Waals surface area contributed by atoms with Gasteiger partial charge in [-0.2, -0.15) is 5.10 Å². The van der Waals surface area contributed by atoms with Crippen LogP contribution < -0.4 is 0 Å². The zero-order valence-electron chi connectivity index (χ0n) is 15.2. The second-order valence-electron chi connectivity index (χ2n) is 7.14. The van der Waals surface area contributed by atoms with Gasteiger partial charge in [-0.3, -0.25) is 4.79 Å². The molecule has 0 bridgehead atoms. The predicted molar refractivity (Wildman–Crippen MR) is 97.0 cm³/mol. The monoisotopic (exact) mass is 362 g/mol. The van der Waals surface area contributed by atoms with Crippen molar-refractivity contribution in [3.8, 4) is 0 Å². The molecule has 134 valence electrons. The Hall–Kier alpha value is -2.14. The molecule has 5 nitrogen and oxygen atoms in total. The Morgan fingerprint density at radius 2 is 1.76 bits per heavy atom. The summed E-state index contributed by atoms with van der Waals surface area (Å²) in [6.07, 6.45) is 0. The van der Waals surface area contributed by atoms with Crippen LogP contribution in [0.4, 0.5) is 0 Å². The van der Waals surface area contributed by atoms with Crippen LogP contribution >= 0.6 is 11.6 Å². The summed E-state index contributed by atoms with van der Waals surface area (Å²) in [5.41, 5.74) is 2.31. The first-order valence-corrected chi connectivity index (χ1v) is 8.46. The molecule has 0 fully saturated rings. The van der Waals surface area contributed by atoms with Gasteiger partial charge in [0.25, 0.3) is 0 Å². The average Bonchev–Trinajstić information content (AvgIpc) is 2.80. The summed E-state index contributed by atoms with van der Waals surface area (Å²) in [6.45, 7) is 9.22. The van der Waals surface area contributed by atoms with Crippen LogP contribution in [0.5, 0.6) is 0 Å². The molecule has 0 aliphatic carbocycles. The van der Waals surface area contributed by atoms with Gasteiger partial charge in [0.05, 0.1) is 12.2 Å². The Bertz CT molecular complexity index is 786. The summed E-state index contributed by atoms with van der Waals surface area (Å²) in [5, 5.41) is 4.54. The number of ether oxygens (including phenoxy) is 1. The van der Waals surface area contributed by atoms with Crippen molar-refractivity contribution in [1.82, 2.24) is 9.78 Å². The molecule has 0 spiro atoms. The van der Waals surface area contributed by atoms with E-state index in [0.717, 1.165) is 5.56 Å². The lowest BCUT2D eigenvalue weighted by Crippen LogP contribution is -2.26. The zero-order chi connectivity index (χ0) is 18.8. The fraction of sp³-hybridized carbons (Fsp3) is 0.421. The van der Waals surface area contributed by atoms with E-state index in [-0.39, 0.29) is 23.1 Å². The van der Waals surface area contributed by atoms with Crippen LogP contribution in [-0.4, -0.2) is 28.1 Å². The second kappa shape index (κ2) is 7.40. The molecule has 0 N–H and O–H groups in total. The number of benzene rings is 1. The molecule has 0 atom stereocenters. The van der Waals surface area contributed by atoms with E-state index in [1.54, 1.807) is 32.4 Å². The summed E-state index contributed by atoms with van der Waals surface area (Å²) < 4.78 is 6.69. The van der Waals surface area contributed by atoms with Crippen LogP contribution in [0.3, 0.4) is 0 Å². The number of ketones is 1. The number of carbonyl (C=O) groups excluding carboxylic acids is 2. The fourth-order valence-electron chi connectivity index (χ4n) is 2.18. The first-order chi connectivity index (χ1) is 11.6. The normalized spacial score (nSPS) is 11.4. The van der Waals surface area contributed by atoms with Gasteiger partial charge in [0.15, 0.2) is 12.4 Å². The molecule has 0 amide bonds. The molecule has 2 rings (SSSR count). The van der Waals surface area contributed by atoms with Gasteiger partial charge in [0, 0.05) is 5.41 Å². The molecule has 0 aliphatic heterocycles. The first-order valence-electron chi connectivity index (χ1n) is 8.08. The van der Waals surface area contributed by atoms with Crippen molar-refractivity contribution >= 4 is 23.4 Å². The smallest absolute Gasteiger partial charge is 0.343 e. The van der Waals surface area contributed by atoms with Crippen molar-refractivity contribution in [3.05, 3.63) is 51.8 Å². The third-order valence-corrected chi connectivity index (χ3v) is 4.28. The van der Waals surface area contributed by atoms with E-state index in [2.05, 4.69) is 5.10 Å². The quantitative estimate of drug-likeness (QED) is 0.755. The van der Waals surface area contributed by atoms with Gasteiger partial charge < -0.3 is 4.74 Å². The molecule has 0 aliphatic rings. The van der Waals surface area contributed by atoms with Gasteiger partial charge in [0.1, 0.15) is 10.7 Å². The molecule has 0 unspecified atom stereocenters. The van der Waals surface area contributed by atoms with Crippen molar-refractivity contribution < 1.29 is 14.3 Å². The molecular formula is C19H23ClN2O3. The minimum Gasteiger partial charge on any atom is -0.454 e. The van der Waals surface area contributed by atoms with Crippen LogP contribution in [0.2, 0.25) is 5.15 Å². The predicted octanol–water partition coefficient (Wildman–Crippen LogP) is 3.97. The van der Waals surface area contributed by atoms with Gasteiger partial charge in [-0.05, 0) is 19.4 Å². The summed E-state index contributed by atoms with van der Waals surface area (Å²) >= 11 is 6.33. The van der Waals surface area contributed by atoms with Crippen LogP contribution in [-0.2, 0) is 16.1 Å². The number of rotatable bonds is 5. The lowest BCUT2D eigenvalue weighted by molar-refractivity contribution is -0.129. The van der Waals surface area contributed by atoms with E-state index in [1.807, 2.05) is 31.2 Å². The summed E-state index contributed by atoms with van der Waals surface area (Å²) in [6, 6.07) is 7.99. The summed E-state index contributed by atoms with van der Waals surface area (Å²) in [5.74, 6) is -0.781. The number of hydrogen-bond acceptors (Lipinski definition) is 4. The largest absolute Gasteiger partial charge is 0.454 e. The number of carbonyl (C=O) groups is 2. The number of hydrogen-bond donors (Lipinski definition) is 0. The fourth-order valence-corrected chi connectivity index (χ4v) is 2.49. The maximum Gasteiger partial charge on any atom is 0.343 e. The van der Waals surface area contributed by atoms with Crippen LogP contribution in [0, 0.1) is 19.3 Å². The van der Waals surface area contributed by atoms with Gasteiger partial charge >= 0.3 is 5.97 Å². The topological polar surface area (TPSA) is 61.2 Å². The van der Waals surface area contributed by atoms with Gasteiger partial charge in [-0.15, -0.1) is 0 Å². The standard InChI is InChI=1S/C19H23ClN2O3/c1-12-6-8-14(9-7-12)10-22-17(20)16(13(2)21-22)18(24)25-11-15(23)19(3,4)5/h6-9H,10-11H2,1-5H3. The van der Waals surface area contributed by atoms with Crippen molar-refractivity contribution in [2.24, 2.45) is 5.41 Å². The highest BCUT2D eigenvalue weighted by molar-refractivity contribution is 6.32. The van der Waals surface area contributed by atoms with Crippen LogP contribution in [0.1, 0.15) is 48.0 Å². The number of Topliss-reactive ketones (excluding diaryl/α,β-unsaturated/α-hetero) is 1. The molecule has 0 saturated carbocycles. The number of aryl methyl sites for hydroxylation is 2. The highest BCUT2D eigenvalue weighted by atomic mass is 35.5. The molecule has 1 heterocycles. The Morgan fingerprint density at radius 3 is 2.32 bits per heavy atom. The van der Waals surface area contributed by atoms with E-state index in [0.29, 0.717) is 12.2 Å². The Kier molecular flexibility index (Phi) is 5.68. The van der Waals surface area contributed by atoms with Gasteiger partial charge in [-0.1, -0.05) is 62.2 Å². The number of nitrogens with zero attached hydrogens (tertiary/aromatic N) is 2. The van der Waals surface area contributed by atoms with Crippen molar-refractivity contribution in [2.75, 3.05) is 6.61 Å². The lowest BCUT2D eigenvalue weighted by atomic mass is 9.91. The maximum absolute atomic E-state index is 12.3. The van der Waals surface area contributed by atoms with Gasteiger partial charge in [0.2, 0.25) is 0 Å². The number of aromatic nitrogens is 2. The molecular weight excluding hydrogens is 340 g/mol. The molecule has 1 aromatic heterocycles. The molecule has 6 heteroatoms. The Morgan fingerprint density at radius 1 is 1.16 bits per heavy atom. The van der Waals surface area contributed by atoms with E-state index < -0.39 is 11.4 Å². The van der Waals surface area contributed by atoms with E-state index >= 15 is 0 Å². The highest BCUT2D eigenvalue weighted by Crippen LogP contribution is 2.22. The summed E-state index contributed by atoms with van der Waals surface area (Å²) in [4.78, 5) is 24.2. The first kappa shape index (κ1) is 19.2. The van der Waals surface area contributed by atoms with Gasteiger partial charge in [-0.25, -0.2) is 9.48 Å². The maximum atomic E-state index is 12.3. The van der Waals surface area contributed by atoms with Crippen LogP contribution in [0.25, 0.3) is 0 Å². The third kappa shape index (κ3) is 4.69. The number of halogens is 1. The SMILES string of the molecule is Cc1ccc(Cn2nc(C)c(C(=O)OCC(=O)C(C)(C)C)c2Cl)cc1. The molecule has 25 heavy (non-hydrogen) atoms. The van der Waals surface area contributed by atoms with Crippen molar-refractivity contribution in [3.63, 3.8) is 0 Å². The lowest BCUT2D eigenvalue weighted by Gasteiger charge is -2.16. The number of esters is 1. The van der Waals surface area contributed by atoms with Crippen molar-refractivity contribution in [1.29, 1.82) is 0 Å². The van der Waals surface area contributed by atoms with Crippen LogP contribution in [0.15, 0.2) is 24.3 Å². The average molecular weight is 363 g/mol. The zero-order valence-corrected chi connectivity index (χ0v) is 16.0. The molecule has 2 aromatic rings. The molecule has 1 aromatic carbocycles. The molecule has 0 radical (unpaired) electrons.